The van der Waals surface area contributed by atoms with E-state index in [1.807, 2.05) is 18.2 Å². The molecule has 8 nitrogen and oxygen atoms in total. The maximum Gasteiger partial charge on any atom is 0.471 e. The second-order valence-electron chi connectivity index (χ2n) is 7.37. The van der Waals surface area contributed by atoms with Crippen molar-refractivity contribution in [2.75, 3.05) is 16.0 Å². The first kappa shape index (κ1) is 24.2. The summed E-state index contributed by atoms with van der Waals surface area (Å²) in [6.07, 6.45) is -0.447. The van der Waals surface area contributed by atoms with Crippen molar-refractivity contribution in [3.63, 3.8) is 0 Å². The first-order valence-corrected chi connectivity index (χ1v) is 10.3. The number of aromatic nitrogens is 4. The van der Waals surface area contributed by atoms with Crippen molar-refractivity contribution in [1.29, 1.82) is 0 Å². The zero-order chi connectivity index (χ0) is 25.7. The number of nitrogens with one attached hydrogen (secondary N) is 3. The van der Waals surface area contributed by atoms with Gasteiger partial charge in [-0.1, -0.05) is 30.0 Å². The van der Waals surface area contributed by atoms with Crippen LogP contribution in [0.2, 0.25) is 0 Å². The van der Waals surface area contributed by atoms with Crippen molar-refractivity contribution in [3.8, 4) is 11.8 Å². The number of hydrogen-bond acceptors (Lipinski definition) is 6. The van der Waals surface area contributed by atoms with Crippen LogP contribution in [0.4, 0.5) is 46.4 Å². The Morgan fingerprint density at radius 1 is 1.00 bits per heavy atom. The molecule has 2 aromatic heterocycles. The smallest absolute Gasteiger partial charge is 0.337 e. The SMILES string of the molecule is Cn1cc(Nc2ncc(C#Cc3ccccc3)c(Nc3cc(NC(=O)C(F)(F)F)ccc3F)n2)cn1. The van der Waals surface area contributed by atoms with Gasteiger partial charge in [-0.2, -0.15) is 23.3 Å². The number of benzene rings is 2. The summed E-state index contributed by atoms with van der Waals surface area (Å²) >= 11 is 0. The quantitative estimate of drug-likeness (QED) is 0.274. The number of aryl methyl sites for hydroxylation is 1. The largest absolute Gasteiger partial charge is 0.471 e. The van der Waals surface area contributed by atoms with Crippen molar-refractivity contribution in [1.82, 2.24) is 19.7 Å². The van der Waals surface area contributed by atoms with Gasteiger partial charge >= 0.3 is 12.1 Å². The molecular formula is C24H17F4N7O. The summed E-state index contributed by atoms with van der Waals surface area (Å²) in [6.45, 7) is 0. The minimum Gasteiger partial charge on any atom is -0.337 e. The molecule has 182 valence electrons. The minimum atomic E-state index is -5.10. The van der Waals surface area contributed by atoms with Crippen LogP contribution in [-0.4, -0.2) is 31.8 Å². The van der Waals surface area contributed by atoms with Gasteiger partial charge in [0.25, 0.3) is 0 Å². The van der Waals surface area contributed by atoms with Gasteiger partial charge in [0.15, 0.2) is 5.82 Å². The standard InChI is InChI=1S/C24H17F4N7O/c1-35-14-18(13-30-35)32-23-29-12-16(8-7-15-5-3-2-4-6-15)21(34-23)33-20-11-17(9-10-19(20)25)31-22(36)24(26,27)28/h2-6,9-14H,1H3,(H,31,36)(H2,29,32,33,34). The molecule has 0 spiro atoms. The van der Waals surface area contributed by atoms with E-state index in [1.54, 1.807) is 41.6 Å². The molecule has 0 saturated heterocycles. The fourth-order valence-corrected chi connectivity index (χ4v) is 2.93. The monoisotopic (exact) mass is 495 g/mol. The number of carbonyl (C=O) groups excluding carboxylic acids is 1. The van der Waals surface area contributed by atoms with E-state index >= 15 is 0 Å². The lowest BCUT2D eigenvalue weighted by Crippen LogP contribution is -2.29. The van der Waals surface area contributed by atoms with Crippen LogP contribution < -0.4 is 16.0 Å². The lowest BCUT2D eigenvalue weighted by Gasteiger charge is -2.13. The van der Waals surface area contributed by atoms with E-state index in [4.69, 9.17) is 0 Å². The molecule has 4 aromatic rings. The predicted octanol–water partition coefficient (Wildman–Crippen LogP) is 4.74. The Bertz CT molecular complexity index is 1460. The molecule has 0 fully saturated rings. The molecule has 2 heterocycles. The minimum absolute atomic E-state index is 0.0815. The van der Waals surface area contributed by atoms with Crippen LogP contribution in [0.1, 0.15) is 11.1 Å². The van der Waals surface area contributed by atoms with Crippen molar-refractivity contribution in [2.45, 2.75) is 6.18 Å². The Morgan fingerprint density at radius 2 is 1.78 bits per heavy atom. The van der Waals surface area contributed by atoms with Crippen LogP contribution in [-0.2, 0) is 11.8 Å². The highest BCUT2D eigenvalue weighted by Gasteiger charge is 2.38. The molecule has 12 heteroatoms. The average molecular weight is 495 g/mol. The van der Waals surface area contributed by atoms with Gasteiger partial charge in [-0.15, -0.1) is 0 Å². The van der Waals surface area contributed by atoms with Crippen molar-refractivity contribution in [2.24, 2.45) is 7.05 Å². The molecule has 0 radical (unpaired) electrons. The Balaban J connectivity index is 1.68. The number of halogens is 4. The molecule has 1 amide bonds. The highest BCUT2D eigenvalue weighted by atomic mass is 19.4. The molecule has 3 N–H and O–H groups in total. The van der Waals surface area contributed by atoms with Gasteiger partial charge in [-0.25, -0.2) is 9.37 Å². The molecule has 0 saturated carbocycles. The molecule has 0 bridgehead atoms. The average Bonchev–Trinajstić information content (AvgIpc) is 3.25. The lowest BCUT2D eigenvalue weighted by atomic mass is 10.2. The van der Waals surface area contributed by atoms with E-state index in [2.05, 4.69) is 37.5 Å². The second kappa shape index (κ2) is 10.1. The maximum atomic E-state index is 14.6. The van der Waals surface area contributed by atoms with Crippen molar-refractivity contribution in [3.05, 3.63) is 84.1 Å². The van der Waals surface area contributed by atoms with E-state index < -0.39 is 17.9 Å². The molecule has 2 aromatic carbocycles. The van der Waals surface area contributed by atoms with Crippen molar-refractivity contribution >= 4 is 34.7 Å². The van der Waals surface area contributed by atoms with Crippen LogP contribution in [0.25, 0.3) is 0 Å². The molecule has 0 unspecified atom stereocenters. The summed E-state index contributed by atoms with van der Waals surface area (Å²) in [4.78, 5) is 19.9. The van der Waals surface area contributed by atoms with Gasteiger partial charge in [0.2, 0.25) is 5.95 Å². The van der Waals surface area contributed by atoms with Gasteiger partial charge in [-0.3, -0.25) is 9.48 Å². The normalized spacial score (nSPS) is 10.8. The molecule has 0 aliphatic carbocycles. The van der Waals surface area contributed by atoms with E-state index in [0.717, 1.165) is 18.2 Å². The van der Waals surface area contributed by atoms with Gasteiger partial charge in [0, 0.05) is 24.5 Å². The predicted molar refractivity (Wildman–Crippen MR) is 125 cm³/mol. The number of nitrogens with zero attached hydrogens (tertiary/aromatic N) is 4. The maximum absolute atomic E-state index is 14.6. The van der Waals surface area contributed by atoms with E-state index in [-0.39, 0.29) is 23.1 Å². The number of anilines is 5. The van der Waals surface area contributed by atoms with Crippen LogP contribution >= 0.6 is 0 Å². The first-order chi connectivity index (χ1) is 17.2. The highest BCUT2D eigenvalue weighted by Crippen LogP contribution is 2.27. The zero-order valence-electron chi connectivity index (χ0n) is 18.6. The Labute approximate surface area is 202 Å². The number of rotatable bonds is 5. The van der Waals surface area contributed by atoms with Crippen LogP contribution in [0.3, 0.4) is 0 Å². The van der Waals surface area contributed by atoms with E-state index in [0.29, 0.717) is 16.8 Å². The second-order valence-corrected chi connectivity index (χ2v) is 7.37. The number of amides is 1. The summed E-state index contributed by atoms with van der Waals surface area (Å²) in [5, 5.41) is 11.4. The van der Waals surface area contributed by atoms with Gasteiger partial charge in [0.1, 0.15) is 5.82 Å². The molecule has 36 heavy (non-hydrogen) atoms. The molecule has 0 aliphatic rings. The van der Waals surface area contributed by atoms with Crippen LogP contribution in [0.5, 0.6) is 0 Å². The fraction of sp³-hybridized carbons (Fsp3) is 0.0833. The number of alkyl halides is 3. The summed E-state index contributed by atoms with van der Waals surface area (Å²) in [5.74, 6) is 3.11. The fourth-order valence-electron chi connectivity index (χ4n) is 2.93. The molecule has 0 aliphatic heterocycles. The lowest BCUT2D eigenvalue weighted by molar-refractivity contribution is -0.167. The summed E-state index contributed by atoms with van der Waals surface area (Å²) < 4.78 is 54.0. The first-order valence-electron chi connectivity index (χ1n) is 10.3. The molecular weight excluding hydrogens is 478 g/mol. The van der Waals surface area contributed by atoms with Gasteiger partial charge in [-0.05, 0) is 30.3 Å². The van der Waals surface area contributed by atoms with Gasteiger partial charge < -0.3 is 16.0 Å². The Kier molecular flexibility index (Phi) is 6.82. The topological polar surface area (TPSA) is 96.8 Å². The highest BCUT2D eigenvalue weighted by molar-refractivity contribution is 5.95. The molecule has 0 atom stereocenters. The van der Waals surface area contributed by atoms with Crippen LogP contribution in [0.15, 0.2) is 67.1 Å². The van der Waals surface area contributed by atoms with E-state index in [1.165, 1.54) is 6.20 Å². The number of hydrogen-bond donors (Lipinski definition) is 3. The Morgan fingerprint density at radius 3 is 2.47 bits per heavy atom. The summed E-state index contributed by atoms with van der Waals surface area (Å²) in [7, 11) is 1.73. The summed E-state index contributed by atoms with van der Waals surface area (Å²) in [6, 6.07) is 12.0. The third-order valence-electron chi connectivity index (χ3n) is 4.60. The van der Waals surface area contributed by atoms with E-state index in [9.17, 15) is 22.4 Å². The number of carbonyl (C=O) groups is 1. The van der Waals surface area contributed by atoms with Crippen molar-refractivity contribution < 1.29 is 22.4 Å². The Hall–Kier alpha value is -4.92. The van der Waals surface area contributed by atoms with Gasteiger partial charge in [0.05, 0.1) is 29.3 Å². The third-order valence-corrected chi connectivity index (χ3v) is 4.60. The zero-order valence-corrected chi connectivity index (χ0v) is 18.6. The summed E-state index contributed by atoms with van der Waals surface area (Å²) in [5.41, 5.74) is 1.10. The molecule has 4 rings (SSSR count). The third kappa shape index (κ3) is 6.15. The van der Waals surface area contributed by atoms with Crippen LogP contribution in [0, 0.1) is 17.7 Å².